The molecule has 21 heavy (non-hydrogen) atoms. The standard InChI is InChI=1S/C17H26N2O2/c1-13(2)8-11-21-12-10-19-17(20)16-15-6-4-3-5-14(15)7-9-18-16/h3-6,13,16,18H,7-12H2,1-2H3,(H,19,20). The fourth-order valence-corrected chi connectivity index (χ4v) is 2.51. The first-order valence-corrected chi connectivity index (χ1v) is 7.85. The van der Waals surface area contributed by atoms with Crippen LogP contribution in [-0.4, -0.2) is 32.2 Å². The number of carbonyl (C=O) groups excluding carboxylic acids is 1. The minimum atomic E-state index is -0.231. The van der Waals surface area contributed by atoms with Gasteiger partial charge in [0.05, 0.1) is 6.61 Å². The molecule has 0 aliphatic carbocycles. The predicted octanol–water partition coefficient (Wildman–Crippen LogP) is 2.05. The summed E-state index contributed by atoms with van der Waals surface area (Å²) in [5.41, 5.74) is 2.37. The van der Waals surface area contributed by atoms with Crippen LogP contribution in [0, 0.1) is 5.92 Å². The summed E-state index contributed by atoms with van der Waals surface area (Å²) in [7, 11) is 0. The predicted molar refractivity (Wildman–Crippen MR) is 84.2 cm³/mol. The number of nitrogens with one attached hydrogen (secondary N) is 2. The number of ether oxygens (including phenoxy) is 1. The number of fused-ring (bicyclic) bond motifs is 1. The molecule has 0 fully saturated rings. The Balaban J connectivity index is 1.74. The Bertz CT molecular complexity index is 460. The molecule has 1 unspecified atom stereocenters. The van der Waals surface area contributed by atoms with Gasteiger partial charge in [0.2, 0.25) is 5.91 Å². The highest BCUT2D eigenvalue weighted by Gasteiger charge is 2.25. The number of carbonyl (C=O) groups is 1. The van der Waals surface area contributed by atoms with Crippen LogP contribution in [0.5, 0.6) is 0 Å². The Morgan fingerprint density at radius 2 is 2.19 bits per heavy atom. The lowest BCUT2D eigenvalue weighted by molar-refractivity contribution is -0.123. The minimum absolute atomic E-state index is 0.0367. The van der Waals surface area contributed by atoms with E-state index in [9.17, 15) is 4.79 Å². The SMILES string of the molecule is CC(C)CCOCCNC(=O)C1NCCc2ccccc21. The highest BCUT2D eigenvalue weighted by Crippen LogP contribution is 2.22. The zero-order chi connectivity index (χ0) is 15.1. The van der Waals surface area contributed by atoms with E-state index in [2.05, 4.69) is 30.5 Å². The van der Waals surface area contributed by atoms with Crippen molar-refractivity contribution in [2.24, 2.45) is 5.92 Å². The number of amides is 1. The number of rotatable bonds is 7. The van der Waals surface area contributed by atoms with Crippen LogP contribution in [-0.2, 0) is 16.0 Å². The van der Waals surface area contributed by atoms with E-state index in [0.29, 0.717) is 19.1 Å². The molecular formula is C17H26N2O2. The summed E-state index contributed by atoms with van der Waals surface area (Å²) in [5, 5.41) is 6.24. The maximum atomic E-state index is 12.3. The van der Waals surface area contributed by atoms with Gasteiger partial charge < -0.3 is 15.4 Å². The van der Waals surface area contributed by atoms with Crippen molar-refractivity contribution >= 4 is 5.91 Å². The highest BCUT2D eigenvalue weighted by atomic mass is 16.5. The summed E-state index contributed by atoms with van der Waals surface area (Å²) in [4.78, 5) is 12.3. The smallest absolute Gasteiger partial charge is 0.241 e. The van der Waals surface area contributed by atoms with Crippen LogP contribution in [0.1, 0.15) is 37.4 Å². The summed E-state index contributed by atoms with van der Waals surface area (Å²) in [5.74, 6) is 0.692. The summed E-state index contributed by atoms with van der Waals surface area (Å²) >= 11 is 0. The molecule has 1 aliphatic rings. The molecule has 1 atom stereocenters. The van der Waals surface area contributed by atoms with Gasteiger partial charge in [-0.2, -0.15) is 0 Å². The van der Waals surface area contributed by atoms with Gasteiger partial charge in [-0.15, -0.1) is 0 Å². The highest BCUT2D eigenvalue weighted by molar-refractivity contribution is 5.83. The molecule has 1 amide bonds. The zero-order valence-corrected chi connectivity index (χ0v) is 13.0. The molecule has 0 radical (unpaired) electrons. The summed E-state index contributed by atoms with van der Waals surface area (Å²) in [6, 6.07) is 7.92. The van der Waals surface area contributed by atoms with Crippen LogP contribution in [0.15, 0.2) is 24.3 Å². The first kappa shape index (κ1) is 16.0. The van der Waals surface area contributed by atoms with E-state index in [1.807, 2.05) is 18.2 Å². The molecule has 2 rings (SSSR count). The molecule has 1 heterocycles. The molecule has 4 heteroatoms. The van der Waals surface area contributed by atoms with Gasteiger partial charge in [-0.1, -0.05) is 38.1 Å². The summed E-state index contributed by atoms with van der Waals surface area (Å²) < 4.78 is 5.52. The minimum Gasteiger partial charge on any atom is -0.380 e. The summed E-state index contributed by atoms with van der Waals surface area (Å²) in [6.45, 7) is 7.11. The first-order valence-electron chi connectivity index (χ1n) is 7.85. The average molecular weight is 290 g/mol. The van der Waals surface area contributed by atoms with E-state index in [4.69, 9.17) is 4.74 Å². The van der Waals surface area contributed by atoms with Gasteiger partial charge in [0.25, 0.3) is 0 Å². The topological polar surface area (TPSA) is 50.4 Å². The lowest BCUT2D eigenvalue weighted by Crippen LogP contribution is -2.42. The molecule has 116 valence electrons. The van der Waals surface area contributed by atoms with Crippen molar-refractivity contribution in [3.05, 3.63) is 35.4 Å². The molecule has 1 aromatic rings. The lowest BCUT2D eigenvalue weighted by atomic mass is 9.94. The van der Waals surface area contributed by atoms with Crippen LogP contribution >= 0.6 is 0 Å². The van der Waals surface area contributed by atoms with Crippen molar-refractivity contribution in [3.63, 3.8) is 0 Å². The second-order valence-electron chi connectivity index (χ2n) is 5.92. The van der Waals surface area contributed by atoms with E-state index in [1.165, 1.54) is 5.56 Å². The molecular weight excluding hydrogens is 264 g/mol. The Hall–Kier alpha value is -1.39. The van der Waals surface area contributed by atoms with Crippen LogP contribution < -0.4 is 10.6 Å². The molecule has 2 N–H and O–H groups in total. The lowest BCUT2D eigenvalue weighted by Gasteiger charge is -2.26. The Morgan fingerprint density at radius 3 is 3.00 bits per heavy atom. The van der Waals surface area contributed by atoms with Crippen molar-refractivity contribution in [1.29, 1.82) is 0 Å². The molecule has 0 saturated heterocycles. The van der Waals surface area contributed by atoms with E-state index >= 15 is 0 Å². The number of hydrogen-bond acceptors (Lipinski definition) is 3. The van der Waals surface area contributed by atoms with E-state index in [0.717, 1.165) is 31.6 Å². The third-order valence-corrected chi connectivity index (χ3v) is 3.76. The molecule has 0 bridgehead atoms. The normalized spacial score (nSPS) is 17.6. The van der Waals surface area contributed by atoms with E-state index in [1.54, 1.807) is 0 Å². The van der Waals surface area contributed by atoms with E-state index in [-0.39, 0.29) is 11.9 Å². The maximum Gasteiger partial charge on any atom is 0.241 e. The van der Waals surface area contributed by atoms with Crippen molar-refractivity contribution in [3.8, 4) is 0 Å². The fourth-order valence-electron chi connectivity index (χ4n) is 2.51. The van der Waals surface area contributed by atoms with Crippen LogP contribution in [0.25, 0.3) is 0 Å². The van der Waals surface area contributed by atoms with Crippen molar-refractivity contribution in [2.45, 2.75) is 32.7 Å². The van der Waals surface area contributed by atoms with Gasteiger partial charge in [-0.3, -0.25) is 4.79 Å². The van der Waals surface area contributed by atoms with Gasteiger partial charge >= 0.3 is 0 Å². The molecule has 0 spiro atoms. The fraction of sp³-hybridized carbons (Fsp3) is 0.588. The van der Waals surface area contributed by atoms with Gasteiger partial charge in [0, 0.05) is 19.7 Å². The monoisotopic (exact) mass is 290 g/mol. The Labute approximate surface area is 127 Å². The van der Waals surface area contributed by atoms with Crippen molar-refractivity contribution < 1.29 is 9.53 Å². The Morgan fingerprint density at radius 1 is 1.38 bits per heavy atom. The Kier molecular flexibility index (Phi) is 6.21. The second-order valence-corrected chi connectivity index (χ2v) is 5.92. The molecule has 0 aromatic heterocycles. The van der Waals surface area contributed by atoms with Crippen molar-refractivity contribution in [1.82, 2.24) is 10.6 Å². The third-order valence-electron chi connectivity index (χ3n) is 3.76. The second kappa shape index (κ2) is 8.15. The van der Waals surface area contributed by atoms with Gasteiger partial charge in [-0.25, -0.2) is 0 Å². The maximum absolute atomic E-state index is 12.3. The first-order chi connectivity index (χ1) is 10.2. The quantitative estimate of drug-likeness (QED) is 0.756. The van der Waals surface area contributed by atoms with Crippen LogP contribution in [0.3, 0.4) is 0 Å². The zero-order valence-electron chi connectivity index (χ0n) is 13.0. The number of hydrogen-bond donors (Lipinski definition) is 2. The van der Waals surface area contributed by atoms with Gasteiger partial charge in [0.15, 0.2) is 0 Å². The average Bonchev–Trinajstić information content (AvgIpc) is 2.49. The molecule has 4 nitrogen and oxygen atoms in total. The van der Waals surface area contributed by atoms with Gasteiger partial charge in [-0.05, 0) is 29.9 Å². The van der Waals surface area contributed by atoms with Crippen LogP contribution in [0.4, 0.5) is 0 Å². The third kappa shape index (κ3) is 4.83. The number of benzene rings is 1. The van der Waals surface area contributed by atoms with Crippen LogP contribution in [0.2, 0.25) is 0 Å². The van der Waals surface area contributed by atoms with Gasteiger partial charge in [0.1, 0.15) is 6.04 Å². The van der Waals surface area contributed by atoms with E-state index < -0.39 is 0 Å². The molecule has 1 aliphatic heterocycles. The largest absolute Gasteiger partial charge is 0.380 e. The molecule has 0 saturated carbocycles. The van der Waals surface area contributed by atoms with Crippen molar-refractivity contribution in [2.75, 3.05) is 26.3 Å². The summed E-state index contributed by atoms with van der Waals surface area (Å²) in [6.07, 6.45) is 2.05. The molecule has 1 aromatic carbocycles.